The molecule has 0 aliphatic heterocycles. The van der Waals surface area contributed by atoms with Gasteiger partial charge in [-0.25, -0.2) is 0 Å². The maximum atomic E-state index is 5.97. The summed E-state index contributed by atoms with van der Waals surface area (Å²) in [6.45, 7) is 4.14. The van der Waals surface area contributed by atoms with Gasteiger partial charge in [0, 0.05) is 18.0 Å². The number of nitrogen functional groups attached to an aromatic ring is 1. The first-order chi connectivity index (χ1) is 9.68. The third kappa shape index (κ3) is 1.95. The number of benzene rings is 1. The summed E-state index contributed by atoms with van der Waals surface area (Å²) in [6.07, 6.45) is 3.46. The standard InChI is InChI=1S/C16H15N3O/c1-10-4-3-5-13(11(10)2)15-14(16(17)19-20-15)12-6-8-18-9-7-12/h3-9H,1-2H3,(H2,17,19). The van der Waals surface area contributed by atoms with E-state index >= 15 is 0 Å². The molecule has 0 saturated heterocycles. The zero-order valence-electron chi connectivity index (χ0n) is 11.4. The van der Waals surface area contributed by atoms with E-state index in [2.05, 4.69) is 30.1 Å². The van der Waals surface area contributed by atoms with Crippen molar-refractivity contribution >= 4 is 5.82 Å². The van der Waals surface area contributed by atoms with Gasteiger partial charge < -0.3 is 10.3 Å². The molecule has 0 radical (unpaired) electrons. The van der Waals surface area contributed by atoms with Crippen LogP contribution in [-0.4, -0.2) is 10.1 Å². The summed E-state index contributed by atoms with van der Waals surface area (Å²) in [5, 5.41) is 3.92. The van der Waals surface area contributed by atoms with Crippen molar-refractivity contribution < 1.29 is 4.52 Å². The van der Waals surface area contributed by atoms with Crippen molar-refractivity contribution in [3.63, 3.8) is 0 Å². The van der Waals surface area contributed by atoms with Gasteiger partial charge in [0.2, 0.25) is 0 Å². The Hall–Kier alpha value is -2.62. The summed E-state index contributed by atoms with van der Waals surface area (Å²) in [4.78, 5) is 4.03. The topological polar surface area (TPSA) is 64.9 Å². The Morgan fingerprint density at radius 1 is 1.05 bits per heavy atom. The summed E-state index contributed by atoms with van der Waals surface area (Å²) in [5.41, 5.74) is 11.1. The fourth-order valence-electron chi connectivity index (χ4n) is 2.28. The van der Waals surface area contributed by atoms with Gasteiger partial charge in [0.05, 0.1) is 5.56 Å². The first kappa shape index (κ1) is 12.4. The molecule has 0 unspecified atom stereocenters. The number of aryl methyl sites for hydroxylation is 1. The smallest absolute Gasteiger partial charge is 0.177 e. The summed E-state index contributed by atoms with van der Waals surface area (Å²) in [5.74, 6) is 1.10. The molecule has 0 bridgehead atoms. The molecule has 0 amide bonds. The van der Waals surface area contributed by atoms with Crippen LogP contribution in [0.2, 0.25) is 0 Å². The van der Waals surface area contributed by atoms with Crippen LogP contribution >= 0.6 is 0 Å². The molecule has 2 N–H and O–H groups in total. The SMILES string of the molecule is Cc1cccc(-c2onc(N)c2-c2ccncc2)c1C. The van der Waals surface area contributed by atoms with Crippen molar-refractivity contribution in [2.24, 2.45) is 0 Å². The lowest BCUT2D eigenvalue weighted by molar-refractivity contribution is 0.436. The molecule has 20 heavy (non-hydrogen) atoms. The van der Waals surface area contributed by atoms with Crippen LogP contribution in [0.4, 0.5) is 5.82 Å². The van der Waals surface area contributed by atoms with Crippen LogP contribution in [0.5, 0.6) is 0 Å². The molecule has 0 saturated carbocycles. The second-order valence-corrected chi connectivity index (χ2v) is 4.76. The number of hydrogen-bond donors (Lipinski definition) is 1. The highest BCUT2D eigenvalue weighted by Crippen LogP contribution is 2.38. The Morgan fingerprint density at radius 3 is 2.55 bits per heavy atom. The Kier molecular flexibility index (Phi) is 2.99. The fraction of sp³-hybridized carbons (Fsp3) is 0.125. The third-order valence-corrected chi connectivity index (χ3v) is 3.54. The number of nitrogens with two attached hydrogens (primary N) is 1. The summed E-state index contributed by atoms with van der Waals surface area (Å²) >= 11 is 0. The van der Waals surface area contributed by atoms with Gasteiger partial charge in [0.25, 0.3) is 0 Å². The highest BCUT2D eigenvalue weighted by Gasteiger charge is 2.19. The van der Waals surface area contributed by atoms with E-state index in [1.165, 1.54) is 11.1 Å². The van der Waals surface area contributed by atoms with Gasteiger partial charge in [-0.1, -0.05) is 23.4 Å². The molecule has 4 nitrogen and oxygen atoms in total. The predicted octanol–water partition coefficient (Wildman–Crippen LogP) is 3.60. The second-order valence-electron chi connectivity index (χ2n) is 4.76. The van der Waals surface area contributed by atoms with Crippen molar-refractivity contribution in [2.45, 2.75) is 13.8 Å². The largest absolute Gasteiger partial charge is 0.380 e. The van der Waals surface area contributed by atoms with Crippen molar-refractivity contribution in [1.82, 2.24) is 10.1 Å². The number of rotatable bonds is 2. The molecule has 0 aliphatic carbocycles. The van der Waals surface area contributed by atoms with Crippen LogP contribution in [0.3, 0.4) is 0 Å². The molecule has 100 valence electrons. The Morgan fingerprint density at radius 2 is 1.80 bits per heavy atom. The number of nitrogens with zero attached hydrogens (tertiary/aromatic N) is 2. The van der Waals surface area contributed by atoms with Crippen LogP contribution in [0.1, 0.15) is 11.1 Å². The first-order valence-electron chi connectivity index (χ1n) is 6.40. The number of pyridine rings is 1. The lowest BCUT2D eigenvalue weighted by Crippen LogP contribution is -1.91. The molecule has 0 atom stereocenters. The molecule has 2 heterocycles. The minimum absolute atomic E-state index is 0.395. The van der Waals surface area contributed by atoms with E-state index in [9.17, 15) is 0 Å². The average Bonchev–Trinajstić information content (AvgIpc) is 2.84. The van der Waals surface area contributed by atoms with Gasteiger partial charge in [-0.15, -0.1) is 0 Å². The van der Waals surface area contributed by atoms with Gasteiger partial charge in [0.15, 0.2) is 11.6 Å². The van der Waals surface area contributed by atoms with Gasteiger partial charge in [-0.3, -0.25) is 4.98 Å². The van der Waals surface area contributed by atoms with Crippen molar-refractivity contribution in [1.29, 1.82) is 0 Å². The van der Waals surface area contributed by atoms with Crippen LogP contribution < -0.4 is 5.73 Å². The molecular weight excluding hydrogens is 250 g/mol. The summed E-state index contributed by atoms with van der Waals surface area (Å²) < 4.78 is 5.48. The molecular formula is C16H15N3O. The Bertz CT molecular complexity index is 748. The zero-order valence-corrected chi connectivity index (χ0v) is 11.4. The van der Waals surface area contributed by atoms with Crippen molar-refractivity contribution in [3.8, 4) is 22.5 Å². The Balaban J connectivity index is 2.24. The lowest BCUT2D eigenvalue weighted by atomic mass is 9.97. The van der Waals surface area contributed by atoms with E-state index in [0.29, 0.717) is 11.6 Å². The van der Waals surface area contributed by atoms with E-state index in [1.54, 1.807) is 12.4 Å². The summed E-state index contributed by atoms with van der Waals surface area (Å²) in [7, 11) is 0. The van der Waals surface area contributed by atoms with Crippen LogP contribution in [0.25, 0.3) is 22.5 Å². The normalized spacial score (nSPS) is 10.7. The van der Waals surface area contributed by atoms with E-state index in [4.69, 9.17) is 10.3 Å². The molecule has 2 aromatic heterocycles. The lowest BCUT2D eigenvalue weighted by Gasteiger charge is -2.07. The minimum Gasteiger partial charge on any atom is -0.380 e. The highest BCUT2D eigenvalue weighted by molar-refractivity contribution is 5.87. The van der Waals surface area contributed by atoms with Crippen molar-refractivity contribution in [3.05, 3.63) is 53.9 Å². The summed E-state index contributed by atoms with van der Waals surface area (Å²) in [6, 6.07) is 9.90. The molecule has 0 spiro atoms. The Labute approximate surface area is 117 Å². The molecule has 3 rings (SSSR count). The van der Waals surface area contributed by atoms with Crippen LogP contribution in [0, 0.1) is 13.8 Å². The van der Waals surface area contributed by atoms with E-state index in [0.717, 1.165) is 16.7 Å². The molecule has 0 aliphatic rings. The van der Waals surface area contributed by atoms with Gasteiger partial charge in [-0.2, -0.15) is 0 Å². The van der Waals surface area contributed by atoms with Gasteiger partial charge in [-0.05, 0) is 42.7 Å². The van der Waals surface area contributed by atoms with Gasteiger partial charge >= 0.3 is 0 Å². The third-order valence-electron chi connectivity index (χ3n) is 3.54. The van der Waals surface area contributed by atoms with Crippen LogP contribution in [0.15, 0.2) is 47.2 Å². The maximum absolute atomic E-state index is 5.97. The molecule has 3 aromatic rings. The minimum atomic E-state index is 0.395. The quantitative estimate of drug-likeness (QED) is 0.768. The number of anilines is 1. The van der Waals surface area contributed by atoms with E-state index in [1.807, 2.05) is 24.3 Å². The average molecular weight is 265 g/mol. The molecule has 1 aromatic carbocycles. The fourth-order valence-corrected chi connectivity index (χ4v) is 2.28. The van der Waals surface area contributed by atoms with E-state index < -0.39 is 0 Å². The molecule has 4 heteroatoms. The zero-order chi connectivity index (χ0) is 14.1. The van der Waals surface area contributed by atoms with Crippen LogP contribution in [-0.2, 0) is 0 Å². The van der Waals surface area contributed by atoms with E-state index in [-0.39, 0.29) is 0 Å². The maximum Gasteiger partial charge on any atom is 0.177 e. The van der Waals surface area contributed by atoms with Gasteiger partial charge in [0.1, 0.15) is 0 Å². The monoisotopic (exact) mass is 265 g/mol. The highest BCUT2D eigenvalue weighted by atomic mass is 16.5. The molecule has 0 fully saturated rings. The predicted molar refractivity (Wildman–Crippen MR) is 79.1 cm³/mol. The van der Waals surface area contributed by atoms with Crippen molar-refractivity contribution in [2.75, 3.05) is 5.73 Å². The number of aromatic nitrogens is 2. The second kappa shape index (κ2) is 4.81. The number of hydrogen-bond acceptors (Lipinski definition) is 4. The first-order valence-corrected chi connectivity index (χ1v) is 6.40.